The Hall–Kier alpha value is -1.06. The highest BCUT2D eigenvalue weighted by Gasteiger charge is 2.15. The van der Waals surface area contributed by atoms with Gasteiger partial charge in [-0.3, -0.25) is 9.59 Å². The molecule has 0 rings (SSSR count). The number of esters is 1. The molecule has 0 saturated heterocycles. The van der Waals surface area contributed by atoms with Gasteiger partial charge in [0.25, 0.3) is 0 Å². The fourth-order valence-electron chi connectivity index (χ4n) is 1.12. The lowest BCUT2D eigenvalue weighted by Crippen LogP contribution is -2.29. The second-order valence-corrected chi connectivity index (χ2v) is 4.79. The summed E-state index contributed by atoms with van der Waals surface area (Å²) in [4.78, 5) is 22.5. The second kappa shape index (κ2) is 7.25. The lowest BCUT2D eigenvalue weighted by molar-refractivity contribution is -0.154. The van der Waals surface area contributed by atoms with Crippen molar-refractivity contribution in [2.75, 3.05) is 6.54 Å². The summed E-state index contributed by atoms with van der Waals surface area (Å²) in [5, 5.41) is 2.69. The van der Waals surface area contributed by atoms with E-state index in [0.29, 0.717) is 13.0 Å². The molecule has 4 nitrogen and oxygen atoms in total. The molecule has 94 valence electrons. The lowest BCUT2D eigenvalue weighted by atomic mass is 10.2. The van der Waals surface area contributed by atoms with Gasteiger partial charge in [-0.05, 0) is 27.2 Å². The summed E-state index contributed by atoms with van der Waals surface area (Å²) in [6, 6.07) is 0. The molecule has 0 spiro atoms. The Balaban J connectivity index is 3.58. The summed E-state index contributed by atoms with van der Waals surface area (Å²) in [6.45, 7) is 7.87. The van der Waals surface area contributed by atoms with Crippen molar-refractivity contribution in [1.29, 1.82) is 0 Å². The molecule has 1 N–H and O–H groups in total. The molecule has 0 bridgehead atoms. The first-order chi connectivity index (χ1) is 7.35. The second-order valence-electron chi connectivity index (χ2n) is 4.79. The van der Waals surface area contributed by atoms with Crippen LogP contribution >= 0.6 is 0 Å². The Bertz CT molecular complexity index is 231. The maximum Gasteiger partial charge on any atom is 0.308 e. The summed E-state index contributed by atoms with van der Waals surface area (Å²) in [5.74, 6) is -0.270. The van der Waals surface area contributed by atoms with Gasteiger partial charge >= 0.3 is 5.97 Å². The maximum absolute atomic E-state index is 11.3. The molecule has 16 heavy (non-hydrogen) atoms. The monoisotopic (exact) mass is 229 g/mol. The molecule has 1 amide bonds. The average molecular weight is 229 g/mol. The van der Waals surface area contributed by atoms with Crippen LogP contribution in [0.1, 0.15) is 53.4 Å². The predicted molar refractivity (Wildman–Crippen MR) is 63.0 cm³/mol. The molecule has 0 fully saturated rings. The van der Waals surface area contributed by atoms with Crippen LogP contribution in [-0.2, 0) is 14.3 Å². The van der Waals surface area contributed by atoms with Gasteiger partial charge in [-0.25, -0.2) is 0 Å². The van der Waals surface area contributed by atoms with Gasteiger partial charge in [-0.2, -0.15) is 0 Å². The normalized spacial score (nSPS) is 11.0. The summed E-state index contributed by atoms with van der Waals surface area (Å²) < 4.78 is 5.11. The highest BCUT2D eigenvalue weighted by atomic mass is 16.6. The van der Waals surface area contributed by atoms with Crippen molar-refractivity contribution < 1.29 is 14.3 Å². The van der Waals surface area contributed by atoms with E-state index in [-0.39, 0.29) is 18.3 Å². The van der Waals surface area contributed by atoms with E-state index in [1.165, 1.54) is 0 Å². The van der Waals surface area contributed by atoms with E-state index in [4.69, 9.17) is 4.74 Å². The standard InChI is InChI=1S/C12H23NO3/c1-5-6-7-10(14)13-9-8-11(15)16-12(2,3)4/h5-9H2,1-4H3,(H,13,14). The van der Waals surface area contributed by atoms with Crippen molar-refractivity contribution in [3.8, 4) is 0 Å². The van der Waals surface area contributed by atoms with Gasteiger partial charge in [-0.1, -0.05) is 13.3 Å². The number of carbonyl (C=O) groups excluding carboxylic acids is 2. The van der Waals surface area contributed by atoms with Crippen LogP contribution in [0.5, 0.6) is 0 Å². The number of ether oxygens (including phenoxy) is 1. The van der Waals surface area contributed by atoms with Crippen LogP contribution in [0.3, 0.4) is 0 Å². The number of unbranched alkanes of at least 4 members (excludes halogenated alkanes) is 1. The van der Waals surface area contributed by atoms with Crippen molar-refractivity contribution in [2.24, 2.45) is 0 Å². The first-order valence-electron chi connectivity index (χ1n) is 5.83. The number of amides is 1. The van der Waals surface area contributed by atoms with Crippen LogP contribution in [0.15, 0.2) is 0 Å². The predicted octanol–water partition coefficient (Wildman–Crippen LogP) is 2.02. The first-order valence-corrected chi connectivity index (χ1v) is 5.83. The number of hydrogen-bond donors (Lipinski definition) is 1. The zero-order valence-corrected chi connectivity index (χ0v) is 10.8. The number of hydrogen-bond acceptors (Lipinski definition) is 3. The van der Waals surface area contributed by atoms with Crippen LogP contribution in [0.4, 0.5) is 0 Å². The van der Waals surface area contributed by atoms with Gasteiger partial charge in [0.2, 0.25) is 5.91 Å². The Morgan fingerprint density at radius 3 is 2.31 bits per heavy atom. The molecule has 0 aliphatic heterocycles. The number of carbonyl (C=O) groups is 2. The van der Waals surface area contributed by atoms with Gasteiger partial charge < -0.3 is 10.1 Å². The summed E-state index contributed by atoms with van der Waals surface area (Å²) in [6.07, 6.45) is 2.65. The van der Waals surface area contributed by atoms with Crippen molar-refractivity contribution in [1.82, 2.24) is 5.32 Å². The van der Waals surface area contributed by atoms with E-state index in [9.17, 15) is 9.59 Å². The molecular weight excluding hydrogens is 206 g/mol. The molecule has 0 aromatic rings. The van der Waals surface area contributed by atoms with Crippen LogP contribution in [0.2, 0.25) is 0 Å². The molecule has 0 aliphatic carbocycles. The molecule has 0 unspecified atom stereocenters. The largest absolute Gasteiger partial charge is 0.460 e. The van der Waals surface area contributed by atoms with E-state index >= 15 is 0 Å². The minimum absolute atomic E-state index is 0.00501. The number of rotatable bonds is 6. The SMILES string of the molecule is CCCCC(=O)NCCC(=O)OC(C)(C)C. The highest BCUT2D eigenvalue weighted by molar-refractivity contribution is 5.77. The van der Waals surface area contributed by atoms with Gasteiger partial charge in [-0.15, -0.1) is 0 Å². The zero-order chi connectivity index (χ0) is 12.6. The third kappa shape index (κ3) is 9.49. The molecule has 0 aromatic carbocycles. The van der Waals surface area contributed by atoms with Crippen molar-refractivity contribution in [2.45, 2.75) is 59.0 Å². The summed E-state index contributed by atoms with van der Waals surface area (Å²) in [5.41, 5.74) is -0.455. The first kappa shape index (κ1) is 14.9. The molecule has 0 atom stereocenters. The van der Waals surface area contributed by atoms with Crippen LogP contribution in [0, 0.1) is 0 Å². The van der Waals surface area contributed by atoms with Crippen LogP contribution in [-0.4, -0.2) is 24.0 Å². The van der Waals surface area contributed by atoms with Crippen LogP contribution in [0.25, 0.3) is 0 Å². The number of nitrogens with one attached hydrogen (secondary N) is 1. The Morgan fingerprint density at radius 2 is 1.81 bits per heavy atom. The fourth-order valence-corrected chi connectivity index (χ4v) is 1.12. The van der Waals surface area contributed by atoms with E-state index in [0.717, 1.165) is 12.8 Å². The maximum atomic E-state index is 11.3. The molecular formula is C12H23NO3. The van der Waals surface area contributed by atoms with Gasteiger partial charge in [0.15, 0.2) is 0 Å². The third-order valence-electron chi connectivity index (χ3n) is 1.83. The van der Waals surface area contributed by atoms with E-state index < -0.39 is 5.60 Å². The van der Waals surface area contributed by atoms with E-state index in [1.807, 2.05) is 27.7 Å². The topological polar surface area (TPSA) is 55.4 Å². The third-order valence-corrected chi connectivity index (χ3v) is 1.83. The molecule has 4 heteroatoms. The minimum atomic E-state index is -0.455. The van der Waals surface area contributed by atoms with E-state index in [2.05, 4.69) is 5.32 Å². The quantitative estimate of drug-likeness (QED) is 0.709. The Kier molecular flexibility index (Phi) is 6.77. The molecule has 0 aromatic heterocycles. The smallest absolute Gasteiger partial charge is 0.308 e. The zero-order valence-electron chi connectivity index (χ0n) is 10.8. The Labute approximate surface area is 97.7 Å². The van der Waals surface area contributed by atoms with Crippen molar-refractivity contribution in [3.05, 3.63) is 0 Å². The van der Waals surface area contributed by atoms with Crippen molar-refractivity contribution >= 4 is 11.9 Å². The molecule has 0 aliphatic rings. The molecule has 0 radical (unpaired) electrons. The lowest BCUT2D eigenvalue weighted by Gasteiger charge is -2.19. The molecule has 0 saturated carbocycles. The minimum Gasteiger partial charge on any atom is -0.460 e. The van der Waals surface area contributed by atoms with Gasteiger partial charge in [0.1, 0.15) is 5.60 Å². The van der Waals surface area contributed by atoms with Crippen molar-refractivity contribution in [3.63, 3.8) is 0 Å². The molecule has 0 heterocycles. The van der Waals surface area contributed by atoms with Gasteiger partial charge in [0.05, 0.1) is 6.42 Å². The Morgan fingerprint density at radius 1 is 1.19 bits per heavy atom. The summed E-state index contributed by atoms with van der Waals surface area (Å²) in [7, 11) is 0. The van der Waals surface area contributed by atoms with Crippen LogP contribution < -0.4 is 5.32 Å². The van der Waals surface area contributed by atoms with Gasteiger partial charge in [0, 0.05) is 13.0 Å². The summed E-state index contributed by atoms with van der Waals surface area (Å²) >= 11 is 0. The van der Waals surface area contributed by atoms with E-state index in [1.54, 1.807) is 0 Å². The fraction of sp³-hybridized carbons (Fsp3) is 0.833. The highest BCUT2D eigenvalue weighted by Crippen LogP contribution is 2.07. The average Bonchev–Trinajstić information content (AvgIpc) is 2.11.